The van der Waals surface area contributed by atoms with Crippen molar-refractivity contribution in [1.82, 2.24) is 9.80 Å². The molecule has 16 heavy (non-hydrogen) atoms. The van der Waals surface area contributed by atoms with Crippen LogP contribution in [0.3, 0.4) is 0 Å². The largest absolute Gasteiger partial charge is 0.457 e. The van der Waals surface area contributed by atoms with Crippen LogP contribution in [-0.4, -0.2) is 48.8 Å². The summed E-state index contributed by atoms with van der Waals surface area (Å²) in [6.07, 6.45) is 0.749. The van der Waals surface area contributed by atoms with E-state index in [0.29, 0.717) is 5.76 Å². The van der Waals surface area contributed by atoms with Gasteiger partial charge in [-0.15, -0.1) is 0 Å². The highest BCUT2D eigenvalue weighted by Crippen LogP contribution is 2.11. The molecule has 0 radical (unpaired) electrons. The maximum absolute atomic E-state index is 10.5. The Morgan fingerprint density at radius 2 is 1.94 bits per heavy atom. The van der Waals surface area contributed by atoms with Gasteiger partial charge in [0.05, 0.1) is 6.54 Å². The van der Waals surface area contributed by atoms with Gasteiger partial charge in [0.15, 0.2) is 12.0 Å². The number of hydrogen-bond acceptors (Lipinski definition) is 4. The maximum atomic E-state index is 10.5. The lowest BCUT2D eigenvalue weighted by atomic mass is 10.3. The van der Waals surface area contributed by atoms with Gasteiger partial charge in [-0.1, -0.05) is 6.92 Å². The van der Waals surface area contributed by atoms with Crippen LogP contribution in [0.1, 0.15) is 23.2 Å². The van der Waals surface area contributed by atoms with E-state index in [2.05, 4.69) is 16.7 Å². The van der Waals surface area contributed by atoms with Crippen molar-refractivity contribution in [3.8, 4) is 0 Å². The summed E-state index contributed by atoms with van der Waals surface area (Å²) in [5.74, 6) is 1.30. The van der Waals surface area contributed by atoms with Gasteiger partial charge < -0.3 is 9.32 Å². The van der Waals surface area contributed by atoms with Gasteiger partial charge in [0.1, 0.15) is 5.76 Å². The fraction of sp³-hybridized carbons (Fsp3) is 0.583. The average Bonchev–Trinajstić information content (AvgIpc) is 2.78. The van der Waals surface area contributed by atoms with Gasteiger partial charge in [0.2, 0.25) is 0 Å². The van der Waals surface area contributed by atoms with Crippen molar-refractivity contribution >= 4 is 6.29 Å². The highest BCUT2D eigenvalue weighted by atomic mass is 16.3. The van der Waals surface area contributed by atoms with Gasteiger partial charge in [-0.05, 0) is 18.7 Å². The molecule has 1 aliphatic heterocycles. The SMILES string of the molecule is CCN1CCN(Cc2ccc(C=O)o2)CC1. The van der Waals surface area contributed by atoms with E-state index in [4.69, 9.17) is 4.42 Å². The fourth-order valence-electron chi connectivity index (χ4n) is 2.03. The minimum absolute atomic E-state index is 0.419. The van der Waals surface area contributed by atoms with E-state index in [1.165, 1.54) is 0 Å². The van der Waals surface area contributed by atoms with Crippen LogP contribution in [0.2, 0.25) is 0 Å². The molecule has 1 aromatic rings. The zero-order valence-corrected chi connectivity index (χ0v) is 9.69. The third kappa shape index (κ3) is 2.71. The van der Waals surface area contributed by atoms with Crippen molar-refractivity contribution in [2.75, 3.05) is 32.7 Å². The quantitative estimate of drug-likeness (QED) is 0.718. The second-order valence-electron chi connectivity index (χ2n) is 4.13. The smallest absolute Gasteiger partial charge is 0.185 e. The molecule has 88 valence electrons. The average molecular weight is 222 g/mol. The summed E-state index contributed by atoms with van der Waals surface area (Å²) >= 11 is 0. The maximum Gasteiger partial charge on any atom is 0.185 e. The van der Waals surface area contributed by atoms with Gasteiger partial charge in [-0.2, -0.15) is 0 Å². The van der Waals surface area contributed by atoms with Crippen LogP contribution in [0, 0.1) is 0 Å². The summed E-state index contributed by atoms with van der Waals surface area (Å²) in [6.45, 7) is 8.53. The molecule has 2 heterocycles. The first-order valence-corrected chi connectivity index (χ1v) is 5.80. The van der Waals surface area contributed by atoms with Crippen LogP contribution < -0.4 is 0 Å². The lowest BCUT2D eigenvalue weighted by Crippen LogP contribution is -2.45. The third-order valence-electron chi connectivity index (χ3n) is 3.09. The molecule has 1 saturated heterocycles. The van der Waals surface area contributed by atoms with Gasteiger partial charge >= 0.3 is 0 Å². The van der Waals surface area contributed by atoms with Gasteiger partial charge in [-0.25, -0.2) is 0 Å². The van der Waals surface area contributed by atoms with Crippen molar-refractivity contribution < 1.29 is 9.21 Å². The van der Waals surface area contributed by atoms with Crippen LogP contribution in [0.5, 0.6) is 0 Å². The molecule has 0 atom stereocenters. The molecule has 2 rings (SSSR count). The van der Waals surface area contributed by atoms with E-state index < -0.39 is 0 Å². The lowest BCUT2D eigenvalue weighted by Gasteiger charge is -2.33. The molecule has 0 bridgehead atoms. The van der Waals surface area contributed by atoms with Crippen molar-refractivity contribution in [3.63, 3.8) is 0 Å². The van der Waals surface area contributed by atoms with Gasteiger partial charge in [0, 0.05) is 26.2 Å². The monoisotopic (exact) mass is 222 g/mol. The van der Waals surface area contributed by atoms with Crippen molar-refractivity contribution in [1.29, 1.82) is 0 Å². The number of furan rings is 1. The van der Waals surface area contributed by atoms with Gasteiger partial charge in [-0.3, -0.25) is 9.69 Å². The number of aldehydes is 1. The summed E-state index contributed by atoms with van der Waals surface area (Å²) < 4.78 is 5.37. The highest BCUT2D eigenvalue weighted by molar-refractivity contribution is 5.70. The Morgan fingerprint density at radius 1 is 1.25 bits per heavy atom. The van der Waals surface area contributed by atoms with Crippen molar-refractivity contribution in [2.24, 2.45) is 0 Å². The van der Waals surface area contributed by atoms with E-state index in [1.54, 1.807) is 6.07 Å². The molecule has 0 spiro atoms. The number of likely N-dealkylation sites (N-methyl/N-ethyl adjacent to an activating group) is 1. The number of hydrogen-bond donors (Lipinski definition) is 0. The molecule has 1 aliphatic rings. The summed E-state index contributed by atoms with van der Waals surface area (Å²) in [6, 6.07) is 3.61. The topological polar surface area (TPSA) is 36.7 Å². The van der Waals surface area contributed by atoms with Crippen molar-refractivity contribution in [3.05, 3.63) is 23.7 Å². The highest BCUT2D eigenvalue weighted by Gasteiger charge is 2.16. The number of carbonyl (C=O) groups is 1. The molecule has 0 unspecified atom stereocenters. The van der Waals surface area contributed by atoms with E-state index in [1.807, 2.05) is 6.07 Å². The zero-order valence-electron chi connectivity index (χ0n) is 9.69. The molecule has 4 nitrogen and oxygen atoms in total. The Hall–Kier alpha value is -1.13. The van der Waals surface area contributed by atoms with Crippen molar-refractivity contribution in [2.45, 2.75) is 13.5 Å². The molecule has 0 aromatic carbocycles. The van der Waals surface area contributed by atoms with E-state index in [9.17, 15) is 4.79 Å². The third-order valence-corrected chi connectivity index (χ3v) is 3.09. The molecular weight excluding hydrogens is 204 g/mol. The van der Waals surface area contributed by atoms with Crippen LogP contribution in [0.4, 0.5) is 0 Å². The van der Waals surface area contributed by atoms with Crippen LogP contribution in [-0.2, 0) is 6.54 Å². The van der Waals surface area contributed by atoms with Crippen LogP contribution in [0.25, 0.3) is 0 Å². The Kier molecular flexibility index (Phi) is 3.74. The predicted octanol–water partition coefficient (Wildman–Crippen LogP) is 1.23. The lowest BCUT2D eigenvalue weighted by molar-refractivity contribution is 0.108. The van der Waals surface area contributed by atoms with E-state index in [0.717, 1.165) is 51.3 Å². The summed E-state index contributed by atoms with van der Waals surface area (Å²) in [5, 5.41) is 0. The Morgan fingerprint density at radius 3 is 2.50 bits per heavy atom. The Bertz CT molecular complexity index is 341. The number of rotatable bonds is 4. The first kappa shape index (κ1) is 11.4. The second kappa shape index (κ2) is 5.27. The van der Waals surface area contributed by atoms with E-state index in [-0.39, 0.29) is 0 Å². The first-order valence-electron chi connectivity index (χ1n) is 5.80. The predicted molar refractivity (Wildman–Crippen MR) is 61.5 cm³/mol. The summed E-state index contributed by atoms with van der Waals surface area (Å²) in [7, 11) is 0. The van der Waals surface area contributed by atoms with Crippen LogP contribution >= 0.6 is 0 Å². The fourth-order valence-corrected chi connectivity index (χ4v) is 2.03. The molecule has 0 N–H and O–H groups in total. The van der Waals surface area contributed by atoms with Gasteiger partial charge in [0.25, 0.3) is 0 Å². The van der Waals surface area contributed by atoms with Crippen LogP contribution in [0.15, 0.2) is 16.5 Å². The van der Waals surface area contributed by atoms with E-state index >= 15 is 0 Å². The molecule has 1 aromatic heterocycles. The number of carbonyl (C=O) groups excluding carboxylic acids is 1. The second-order valence-corrected chi connectivity index (χ2v) is 4.13. The molecule has 0 aliphatic carbocycles. The molecule has 0 saturated carbocycles. The zero-order chi connectivity index (χ0) is 11.4. The minimum atomic E-state index is 0.419. The molecule has 0 amide bonds. The Balaban J connectivity index is 1.84. The normalized spacial score (nSPS) is 18.8. The summed E-state index contributed by atoms with van der Waals surface area (Å²) in [4.78, 5) is 15.3. The molecule has 4 heteroatoms. The minimum Gasteiger partial charge on any atom is -0.457 e. The summed E-state index contributed by atoms with van der Waals surface area (Å²) in [5.41, 5.74) is 0. The number of piperazine rings is 1. The number of nitrogens with zero attached hydrogens (tertiary/aromatic N) is 2. The first-order chi connectivity index (χ1) is 7.81. The Labute approximate surface area is 95.8 Å². The molecule has 1 fully saturated rings. The molecular formula is C12H18N2O2. The standard InChI is InChI=1S/C12H18N2O2/c1-2-13-5-7-14(8-6-13)9-11-3-4-12(10-15)16-11/h3-4,10H,2,5-9H2,1H3.